The number of benzene rings is 1. The topological polar surface area (TPSA) is 122 Å². The van der Waals surface area contributed by atoms with Crippen molar-refractivity contribution in [1.82, 2.24) is 4.90 Å². The number of azide groups is 1. The van der Waals surface area contributed by atoms with E-state index in [4.69, 9.17) is 14.5 Å². The Labute approximate surface area is 133 Å². The highest BCUT2D eigenvalue weighted by Gasteiger charge is 2.38. The van der Waals surface area contributed by atoms with E-state index in [0.29, 0.717) is 0 Å². The Hall–Kier alpha value is -2.29. The standard InChI is InChI=1S/C13H16N4O5S/c1-23(19,20)22-12-8-17(7-11(12)15-16-14)13(18)21-9-10-5-3-2-4-6-10/h2-6,11-12H,7-9H2,1H3. The maximum absolute atomic E-state index is 12.0. The van der Waals surface area contributed by atoms with E-state index in [1.165, 1.54) is 4.90 Å². The fourth-order valence-electron chi connectivity index (χ4n) is 2.21. The van der Waals surface area contributed by atoms with E-state index in [0.717, 1.165) is 11.8 Å². The minimum absolute atomic E-state index is 0.0234. The van der Waals surface area contributed by atoms with Crippen molar-refractivity contribution in [2.24, 2.45) is 5.11 Å². The van der Waals surface area contributed by atoms with Gasteiger partial charge in [0.1, 0.15) is 12.7 Å². The number of hydrogen-bond donors (Lipinski definition) is 0. The van der Waals surface area contributed by atoms with Crippen molar-refractivity contribution in [2.75, 3.05) is 19.3 Å². The first-order chi connectivity index (χ1) is 10.9. The molecule has 2 atom stereocenters. The molecule has 1 amide bonds. The second-order valence-corrected chi connectivity index (χ2v) is 6.66. The number of carbonyl (C=O) groups excluding carboxylic acids is 1. The van der Waals surface area contributed by atoms with E-state index in [1.54, 1.807) is 0 Å². The Morgan fingerprint density at radius 2 is 2.09 bits per heavy atom. The summed E-state index contributed by atoms with van der Waals surface area (Å²) in [7, 11) is -3.73. The van der Waals surface area contributed by atoms with Crippen molar-refractivity contribution in [3.05, 3.63) is 46.3 Å². The molecule has 0 saturated carbocycles. The second kappa shape index (κ2) is 7.32. The van der Waals surface area contributed by atoms with Crippen molar-refractivity contribution in [2.45, 2.75) is 18.8 Å². The van der Waals surface area contributed by atoms with E-state index in [-0.39, 0.29) is 19.7 Å². The van der Waals surface area contributed by atoms with Crippen molar-refractivity contribution in [3.8, 4) is 0 Å². The SMILES string of the molecule is CS(=O)(=O)OC1CN(C(=O)OCc2ccccc2)CC1N=[N+]=[N-]. The van der Waals surface area contributed by atoms with Crippen LogP contribution in [0.3, 0.4) is 0 Å². The molecule has 9 nitrogen and oxygen atoms in total. The summed E-state index contributed by atoms with van der Waals surface area (Å²) in [6, 6.07) is 8.35. The first-order valence-corrected chi connectivity index (χ1v) is 8.59. The molecule has 0 N–H and O–H groups in total. The molecular formula is C13H16N4O5S. The van der Waals surface area contributed by atoms with Crippen LogP contribution in [0.15, 0.2) is 35.4 Å². The molecule has 1 aromatic carbocycles. The van der Waals surface area contributed by atoms with E-state index < -0.39 is 28.4 Å². The maximum Gasteiger partial charge on any atom is 0.410 e. The van der Waals surface area contributed by atoms with Crippen LogP contribution in [0.25, 0.3) is 10.4 Å². The predicted octanol–water partition coefficient (Wildman–Crippen LogP) is 1.66. The van der Waals surface area contributed by atoms with Gasteiger partial charge in [-0.25, -0.2) is 4.79 Å². The normalized spacial score (nSPS) is 20.8. The molecule has 1 aromatic rings. The van der Waals surface area contributed by atoms with Gasteiger partial charge >= 0.3 is 6.09 Å². The molecule has 2 rings (SSSR count). The Balaban J connectivity index is 1.97. The van der Waals surface area contributed by atoms with Gasteiger partial charge in [0, 0.05) is 11.5 Å². The Bertz CT molecular complexity index is 702. The lowest BCUT2D eigenvalue weighted by atomic mass is 10.2. The number of rotatable bonds is 5. The van der Waals surface area contributed by atoms with Gasteiger partial charge in [-0.1, -0.05) is 35.4 Å². The highest BCUT2D eigenvalue weighted by Crippen LogP contribution is 2.20. The fourth-order valence-corrected chi connectivity index (χ4v) is 2.85. The molecule has 2 unspecified atom stereocenters. The Morgan fingerprint density at radius 3 is 2.70 bits per heavy atom. The van der Waals surface area contributed by atoms with Crippen molar-refractivity contribution in [3.63, 3.8) is 0 Å². The second-order valence-electron chi connectivity index (χ2n) is 5.06. The van der Waals surface area contributed by atoms with Gasteiger partial charge in [-0.3, -0.25) is 4.18 Å². The smallest absolute Gasteiger partial charge is 0.410 e. The summed E-state index contributed by atoms with van der Waals surface area (Å²) in [5.74, 6) is 0. The average Bonchev–Trinajstić information content (AvgIpc) is 2.87. The number of likely N-dealkylation sites (tertiary alicyclic amines) is 1. The number of ether oxygens (including phenoxy) is 1. The minimum Gasteiger partial charge on any atom is -0.445 e. The molecule has 10 heteroatoms. The van der Waals surface area contributed by atoms with Crippen LogP contribution >= 0.6 is 0 Å². The molecule has 1 saturated heterocycles. The minimum atomic E-state index is -3.73. The molecule has 1 fully saturated rings. The molecule has 124 valence electrons. The van der Waals surface area contributed by atoms with Gasteiger partial charge in [0.2, 0.25) is 0 Å². The molecule has 1 aliphatic rings. The van der Waals surface area contributed by atoms with Crippen LogP contribution in [0, 0.1) is 0 Å². The molecule has 0 bridgehead atoms. The molecule has 23 heavy (non-hydrogen) atoms. The molecule has 0 aromatic heterocycles. The molecule has 1 aliphatic heterocycles. The van der Waals surface area contributed by atoms with Gasteiger partial charge in [-0.05, 0) is 11.1 Å². The van der Waals surface area contributed by atoms with Gasteiger partial charge in [0.05, 0.1) is 18.8 Å². The van der Waals surface area contributed by atoms with Crippen LogP contribution in [0.4, 0.5) is 4.79 Å². The lowest BCUT2D eigenvalue weighted by Crippen LogP contribution is -2.31. The molecular weight excluding hydrogens is 324 g/mol. The highest BCUT2D eigenvalue weighted by atomic mass is 32.2. The van der Waals surface area contributed by atoms with Crippen LogP contribution in [0.1, 0.15) is 5.56 Å². The van der Waals surface area contributed by atoms with E-state index in [1.807, 2.05) is 30.3 Å². The largest absolute Gasteiger partial charge is 0.445 e. The van der Waals surface area contributed by atoms with E-state index in [9.17, 15) is 13.2 Å². The average molecular weight is 340 g/mol. The maximum atomic E-state index is 12.0. The van der Waals surface area contributed by atoms with E-state index >= 15 is 0 Å². The highest BCUT2D eigenvalue weighted by molar-refractivity contribution is 7.86. The summed E-state index contributed by atoms with van der Waals surface area (Å²) in [4.78, 5) is 16.0. The zero-order valence-electron chi connectivity index (χ0n) is 12.4. The molecule has 0 spiro atoms. The lowest BCUT2D eigenvalue weighted by molar-refractivity contribution is 0.0995. The van der Waals surface area contributed by atoms with Gasteiger partial charge in [-0.15, -0.1) is 0 Å². The summed E-state index contributed by atoms with van der Waals surface area (Å²) in [6.07, 6.45) is -0.631. The molecule has 0 radical (unpaired) electrons. The zero-order valence-corrected chi connectivity index (χ0v) is 13.2. The van der Waals surface area contributed by atoms with E-state index in [2.05, 4.69) is 10.0 Å². The summed E-state index contributed by atoms with van der Waals surface area (Å²) in [5, 5.41) is 3.48. The van der Waals surface area contributed by atoms with Crippen LogP contribution in [0.5, 0.6) is 0 Å². The van der Waals surface area contributed by atoms with Crippen LogP contribution in [0.2, 0.25) is 0 Å². The van der Waals surface area contributed by atoms with Crippen molar-refractivity contribution >= 4 is 16.2 Å². The molecule has 0 aliphatic carbocycles. The van der Waals surface area contributed by atoms with Crippen LogP contribution in [-0.2, 0) is 25.6 Å². The first-order valence-electron chi connectivity index (χ1n) is 6.77. The summed E-state index contributed by atoms with van der Waals surface area (Å²) in [5.41, 5.74) is 9.37. The first kappa shape index (κ1) is 17.1. The van der Waals surface area contributed by atoms with Gasteiger partial charge in [0.15, 0.2) is 0 Å². The predicted molar refractivity (Wildman–Crippen MR) is 80.9 cm³/mol. The number of amides is 1. The number of hydrogen-bond acceptors (Lipinski definition) is 6. The third-order valence-electron chi connectivity index (χ3n) is 3.20. The van der Waals surface area contributed by atoms with Gasteiger partial charge in [0.25, 0.3) is 10.1 Å². The zero-order chi connectivity index (χ0) is 16.9. The lowest BCUT2D eigenvalue weighted by Gasteiger charge is -2.16. The van der Waals surface area contributed by atoms with Crippen LogP contribution in [-0.4, -0.2) is 50.9 Å². The van der Waals surface area contributed by atoms with Crippen molar-refractivity contribution < 1.29 is 22.1 Å². The number of nitrogens with zero attached hydrogens (tertiary/aromatic N) is 4. The quantitative estimate of drug-likeness (QED) is 0.349. The Morgan fingerprint density at radius 1 is 1.39 bits per heavy atom. The van der Waals surface area contributed by atoms with Crippen LogP contribution < -0.4 is 0 Å². The van der Waals surface area contributed by atoms with Crippen molar-refractivity contribution in [1.29, 1.82) is 0 Å². The van der Waals surface area contributed by atoms with Gasteiger partial charge < -0.3 is 9.64 Å². The molecule has 1 heterocycles. The summed E-state index contributed by atoms with van der Waals surface area (Å²) >= 11 is 0. The third kappa shape index (κ3) is 5.13. The fraction of sp³-hybridized carbons (Fsp3) is 0.462. The Kier molecular flexibility index (Phi) is 5.43. The number of carbonyl (C=O) groups is 1. The summed E-state index contributed by atoms with van der Waals surface area (Å²) in [6.45, 7) is 0.113. The van der Waals surface area contributed by atoms with Gasteiger partial charge in [-0.2, -0.15) is 8.42 Å². The monoisotopic (exact) mass is 340 g/mol. The summed E-state index contributed by atoms with van der Waals surface area (Å²) < 4.78 is 32.5. The third-order valence-corrected chi connectivity index (χ3v) is 3.80.